The van der Waals surface area contributed by atoms with Crippen molar-refractivity contribution in [1.82, 2.24) is 15.0 Å². The van der Waals surface area contributed by atoms with Crippen LogP contribution in [-0.4, -0.2) is 15.0 Å². The van der Waals surface area contributed by atoms with Gasteiger partial charge in [-0.2, -0.15) is 5.26 Å². The van der Waals surface area contributed by atoms with Crippen molar-refractivity contribution >= 4 is 0 Å². The van der Waals surface area contributed by atoms with E-state index in [2.05, 4.69) is 80.6 Å². The van der Waals surface area contributed by atoms with E-state index in [1.165, 1.54) is 49.7 Å². The molecular formula is C46H42N4. The fourth-order valence-electron chi connectivity index (χ4n) is 9.04. The van der Waals surface area contributed by atoms with Gasteiger partial charge in [0, 0.05) is 16.7 Å². The Bertz CT molecular complexity index is 2180. The third-order valence-corrected chi connectivity index (χ3v) is 11.2. The minimum atomic E-state index is 0.303. The molecule has 0 amide bonds. The lowest BCUT2D eigenvalue weighted by atomic mass is 9.54. The highest BCUT2D eigenvalue weighted by molar-refractivity contribution is 5.82. The van der Waals surface area contributed by atoms with E-state index < -0.39 is 0 Å². The van der Waals surface area contributed by atoms with Crippen LogP contribution in [0.25, 0.3) is 56.4 Å². The van der Waals surface area contributed by atoms with E-state index in [9.17, 15) is 5.26 Å². The van der Waals surface area contributed by atoms with Crippen molar-refractivity contribution in [3.8, 4) is 62.5 Å². The van der Waals surface area contributed by atoms with Gasteiger partial charge in [0.05, 0.1) is 11.6 Å². The van der Waals surface area contributed by atoms with E-state index in [0.29, 0.717) is 28.5 Å². The second kappa shape index (κ2) is 13.5. The Morgan fingerprint density at radius 2 is 1.24 bits per heavy atom. The van der Waals surface area contributed by atoms with E-state index in [1.807, 2.05) is 66.7 Å². The molecule has 0 spiro atoms. The molecule has 4 heteroatoms. The van der Waals surface area contributed by atoms with Gasteiger partial charge >= 0.3 is 0 Å². The highest BCUT2D eigenvalue weighted by atomic mass is 15.0. The van der Waals surface area contributed by atoms with Crippen LogP contribution in [0.3, 0.4) is 0 Å². The summed E-state index contributed by atoms with van der Waals surface area (Å²) in [6, 6.07) is 46.2. The molecule has 2 aliphatic rings. The van der Waals surface area contributed by atoms with Gasteiger partial charge in [-0.15, -0.1) is 0 Å². The molecule has 2 aliphatic carbocycles. The molecule has 1 unspecified atom stereocenters. The molecule has 246 valence electrons. The molecule has 8 rings (SSSR count). The molecule has 0 aliphatic heterocycles. The van der Waals surface area contributed by atoms with E-state index in [1.54, 1.807) is 0 Å². The number of nitrogens with zero attached hydrogens (tertiary/aromatic N) is 4. The van der Waals surface area contributed by atoms with Crippen molar-refractivity contribution in [2.75, 3.05) is 0 Å². The van der Waals surface area contributed by atoms with Gasteiger partial charge in [-0.3, -0.25) is 0 Å². The van der Waals surface area contributed by atoms with E-state index in [4.69, 9.17) is 15.0 Å². The Labute approximate surface area is 296 Å². The maximum absolute atomic E-state index is 9.48. The average Bonchev–Trinajstić information content (AvgIpc) is 3.17. The van der Waals surface area contributed by atoms with Crippen molar-refractivity contribution in [1.29, 1.82) is 5.26 Å². The molecule has 5 aromatic carbocycles. The molecule has 4 atom stereocenters. The van der Waals surface area contributed by atoms with E-state index in [-0.39, 0.29) is 0 Å². The van der Waals surface area contributed by atoms with E-state index in [0.717, 1.165) is 51.1 Å². The average molecular weight is 651 g/mol. The lowest BCUT2D eigenvalue weighted by Gasteiger charge is -2.51. The zero-order valence-corrected chi connectivity index (χ0v) is 28.9. The maximum Gasteiger partial charge on any atom is 0.164 e. The number of hydrogen-bond acceptors (Lipinski definition) is 4. The van der Waals surface area contributed by atoms with Gasteiger partial charge in [0.1, 0.15) is 0 Å². The van der Waals surface area contributed by atoms with E-state index >= 15 is 0 Å². The van der Waals surface area contributed by atoms with Gasteiger partial charge in [0.2, 0.25) is 0 Å². The third kappa shape index (κ3) is 6.25. The molecule has 2 bridgehead atoms. The summed E-state index contributed by atoms with van der Waals surface area (Å²) >= 11 is 0. The van der Waals surface area contributed by atoms with Crippen molar-refractivity contribution in [2.45, 2.75) is 57.8 Å². The molecular weight excluding hydrogens is 609 g/mol. The molecule has 6 aromatic rings. The number of aromatic nitrogens is 3. The van der Waals surface area contributed by atoms with Crippen LogP contribution in [0.5, 0.6) is 0 Å². The van der Waals surface area contributed by atoms with Crippen LogP contribution in [0.15, 0.2) is 127 Å². The second-order valence-electron chi connectivity index (χ2n) is 14.7. The molecule has 0 radical (unpaired) electrons. The Hall–Kier alpha value is -5.40. The first-order chi connectivity index (χ1) is 24.5. The van der Waals surface area contributed by atoms with Gasteiger partial charge in [0.25, 0.3) is 0 Å². The van der Waals surface area contributed by atoms with Crippen LogP contribution in [-0.2, 0) is 5.41 Å². The first-order valence-electron chi connectivity index (χ1n) is 18.1. The quantitative estimate of drug-likeness (QED) is 0.172. The monoisotopic (exact) mass is 650 g/mol. The molecule has 50 heavy (non-hydrogen) atoms. The zero-order valence-electron chi connectivity index (χ0n) is 28.9. The van der Waals surface area contributed by atoms with Gasteiger partial charge in [-0.1, -0.05) is 129 Å². The minimum absolute atomic E-state index is 0.303. The Morgan fingerprint density at radius 3 is 2.00 bits per heavy atom. The third-order valence-electron chi connectivity index (χ3n) is 11.2. The lowest BCUT2D eigenvalue weighted by Crippen LogP contribution is -2.42. The smallest absolute Gasteiger partial charge is 0.164 e. The predicted octanol–water partition coefficient (Wildman–Crippen LogP) is 11.6. The van der Waals surface area contributed by atoms with Gasteiger partial charge in [-0.25, -0.2) is 15.0 Å². The molecule has 1 heterocycles. The number of nitriles is 1. The molecule has 0 N–H and O–H groups in total. The largest absolute Gasteiger partial charge is 0.208 e. The maximum atomic E-state index is 9.48. The Balaban J connectivity index is 1.20. The summed E-state index contributed by atoms with van der Waals surface area (Å²) in [7, 11) is 0. The summed E-state index contributed by atoms with van der Waals surface area (Å²) in [5.74, 6) is 4.37. The Morgan fingerprint density at radius 1 is 0.600 bits per heavy atom. The van der Waals surface area contributed by atoms with Crippen LogP contribution in [0.1, 0.15) is 63.5 Å². The highest BCUT2D eigenvalue weighted by Crippen LogP contribution is 2.55. The Kier molecular flexibility index (Phi) is 8.59. The predicted molar refractivity (Wildman–Crippen MR) is 203 cm³/mol. The molecule has 2 saturated carbocycles. The number of benzene rings is 5. The summed E-state index contributed by atoms with van der Waals surface area (Å²) in [6.07, 6.45) is 8.05. The van der Waals surface area contributed by atoms with Crippen molar-refractivity contribution < 1.29 is 0 Å². The van der Waals surface area contributed by atoms with Gasteiger partial charge in [-0.05, 0) is 101 Å². The van der Waals surface area contributed by atoms with Crippen LogP contribution < -0.4 is 0 Å². The molecule has 1 aromatic heterocycles. The summed E-state index contributed by atoms with van der Waals surface area (Å²) in [4.78, 5) is 15.2. The van der Waals surface area contributed by atoms with Crippen LogP contribution in [0, 0.1) is 29.1 Å². The fraction of sp³-hybridized carbons (Fsp3) is 0.261. The van der Waals surface area contributed by atoms with Crippen molar-refractivity contribution in [3.63, 3.8) is 0 Å². The van der Waals surface area contributed by atoms with Gasteiger partial charge in [0.15, 0.2) is 17.5 Å². The fourth-order valence-corrected chi connectivity index (χ4v) is 9.04. The SMILES string of the molecule is CC[C@H]1C[C@H]2C[C@@H](C)CC(c3ccc(-c4ccccc4-c4nc(-c5ccccc5)nc(-c5cccc(-c6cccc(C#N)c6)c5)n4)cc3)(C2)C1. The zero-order chi connectivity index (χ0) is 34.1. The van der Waals surface area contributed by atoms with Crippen LogP contribution >= 0.6 is 0 Å². The number of rotatable bonds is 7. The van der Waals surface area contributed by atoms with Crippen molar-refractivity contribution in [3.05, 3.63) is 139 Å². The first-order valence-corrected chi connectivity index (χ1v) is 18.1. The lowest BCUT2D eigenvalue weighted by molar-refractivity contribution is 0.0702. The first kappa shape index (κ1) is 31.8. The second-order valence-corrected chi connectivity index (χ2v) is 14.7. The summed E-state index contributed by atoms with van der Waals surface area (Å²) < 4.78 is 0. The summed E-state index contributed by atoms with van der Waals surface area (Å²) in [5.41, 5.74) is 9.53. The molecule has 0 saturated heterocycles. The van der Waals surface area contributed by atoms with Crippen molar-refractivity contribution in [2.24, 2.45) is 17.8 Å². The van der Waals surface area contributed by atoms with Crippen LogP contribution in [0.2, 0.25) is 0 Å². The van der Waals surface area contributed by atoms with Gasteiger partial charge < -0.3 is 0 Å². The molecule has 2 fully saturated rings. The highest BCUT2D eigenvalue weighted by Gasteiger charge is 2.45. The number of hydrogen-bond donors (Lipinski definition) is 0. The molecule has 4 nitrogen and oxygen atoms in total. The number of fused-ring (bicyclic) bond motifs is 2. The van der Waals surface area contributed by atoms with Crippen LogP contribution in [0.4, 0.5) is 0 Å². The standard InChI is InChI=1S/C46H42N4/c1-3-32-24-34-23-31(2)27-46(28-32,29-34)40-21-19-35(20-22-40)41-17-7-8-18-42(41)45-49-43(36-12-5-4-6-13-36)48-44(50-45)39-16-10-15-38(26-39)37-14-9-11-33(25-37)30-47/h4-22,25-26,31-32,34H,3,23-24,27-29H2,1-2H3/t31-,32+,34-,46?/m1/s1. The summed E-state index contributed by atoms with van der Waals surface area (Å²) in [5, 5.41) is 9.48. The topological polar surface area (TPSA) is 62.5 Å². The normalized spacial score (nSPS) is 21.3. The minimum Gasteiger partial charge on any atom is -0.208 e. The summed E-state index contributed by atoms with van der Waals surface area (Å²) in [6.45, 7) is 4.84.